The predicted molar refractivity (Wildman–Crippen MR) is 112 cm³/mol. The summed E-state index contributed by atoms with van der Waals surface area (Å²) in [7, 11) is -3.76. The van der Waals surface area contributed by atoms with E-state index < -0.39 is 14.9 Å². The van der Waals surface area contributed by atoms with E-state index in [9.17, 15) is 23.3 Å². The number of aliphatic imine (C=N–C) groups is 1. The number of hydrogen-bond acceptors (Lipinski definition) is 6. The molecule has 0 atom stereocenters. The maximum atomic E-state index is 12.9. The molecule has 0 fully saturated rings. The second-order valence-electron chi connectivity index (χ2n) is 6.62. The molecule has 0 spiro atoms. The van der Waals surface area contributed by atoms with Gasteiger partial charge in [-0.1, -0.05) is 12.1 Å². The summed E-state index contributed by atoms with van der Waals surface area (Å²) >= 11 is 0. The molecule has 11 heteroatoms. The first-order valence-corrected chi connectivity index (χ1v) is 10.3. The summed E-state index contributed by atoms with van der Waals surface area (Å²) in [6.07, 6.45) is 0. The number of nitro benzene ring substituents is 1. The minimum atomic E-state index is -3.76. The van der Waals surface area contributed by atoms with Gasteiger partial charge in [0.15, 0.2) is 0 Å². The number of aryl methyl sites for hydroxylation is 1. The molecule has 1 aromatic heterocycles. The number of aromatic amines is 1. The number of nitrogens with one attached hydrogen (secondary N) is 1. The molecule has 156 valence electrons. The number of benzene rings is 2. The number of H-pyrrole nitrogens is 1. The zero-order valence-electron chi connectivity index (χ0n) is 16.2. The van der Waals surface area contributed by atoms with Crippen LogP contribution in [0.2, 0.25) is 0 Å². The highest BCUT2D eigenvalue weighted by atomic mass is 32.2. The second kappa shape index (κ2) is 8.05. The van der Waals surface area contributed by atoms with Gasteiger partial charge in [0, 0.05) is 23.5 Å². The summed E-state index contributed by atoms with van der Waals surface area (Å²) < 4.78 is 23.9. The van der Waals surface area contributed by atoms with E-state index in [-0.39, 0.29) is 22.7 Å². The first-order valence-electron chi connectivity index (χ1n) is 8.77. The van der Waals surface area contributed by atoms with E-state index in [1.807, 2.05) is 0 Å². The Kier molecular flexibility index (Phi) is 5.67. The third kappa shape index (κ3) is 4.36. The lowest BCUT2D eigenvalue weighted by atomic mass is 10.1. The summed E-state index contributed by atoms with van der Waals surface area (Å²) in [6, 6.07) is 11.6. The highest BCUT2D eigenvalue weighted by molar-refractivity contribution is 7.89. The first kappa shape index (κ1) is 21.1. The molecule has 0 aliphatic heterocycles. The van der Waals surface area contributed by atoms with Gasteiger partial charge in [0.1, 0.15) is 0 Å². The molecule has 0 saturated heterocycles. The van der Waals surface area contributed by atoms with Gasteiger partial charge in [0.2, 0.25) is 10.0 Å². The first-order chi connectivity index (χ1) is 14.1. The van der Waals surface area contributed by atoms with Gasteiger partial charge in [-0.3, -0.25) is 25.0 Å². The zero-order chi connectivity index (χ0) is 22.1. The second-order valence-corrected chi connectivity index (χ2v) is 8.18. The van der Waals surface area contributed by atoms with Crippen molar-refractivity contribution < 1.29 is 13.3 Å². The normalized spacial score (nSPS) is 12.2. The van der Waals surface area contributed by atoms with Crippen LogP contribution in [0.3, 0.4) is 0 Å². The molecule has 0 bridgehead atoms. The summed E-state index contributed by atoms with van der Waals surface area (Å²) in [5, 5.41) is 18.8. The van der Waals surface area contributed by atoms with Crippen molar-refractivity contribution >= 4 is 21.4 Å². The topological polar surface area (TPSA) is 153 Å². The Morgan fingerprint density at radius 2 is 1.77 bits per heavy atom. The highest BCUT2D eigenvalue weighted by Gasteiger charge is 2.16. The largest absolute Gasteiger partial charge is 0.295 e. The Balaban J connectivity index is 1.87. The lowest BCUT2D eigenvalue weighted by molar-refractivity contribution is -0.384. The van der Waals surface area contributed by atoms with Crippen LogP contribution in [0, 0.1) is 17.0 Å². The van der Waals surface area contributed by atoms with Crippen LogP contribution in [0.1, 0.15) is 23.7 Å². The Morgan fingerprint density at radius 3 is 2.30 bits per heavy atom. The summed E-state index contributed by atoms with van der Waals surface area (Å²) in [5.41, 5.74) is 2.33. The molecule has 30 heavy (non-hydrogen) atoms. The standard InChI is InChI=1S/C19H19N5O5S/c1-12(21-11-14-3-9-17(10-4-14)30(20,28)29)18-13(2)22-23(19(18)25)15-5-7-16(8-6-15)24(26)27/h3-10,22H,11H2,1-2H3,(H2,20,28,29). The Bertz CT molecular complexity index is 1290. The number of primary sulfonamides is 1. The van der Waals surface area contributed by atoms with Crippen LogP contribution in [0.5, 0.6) is 0 Å². The highest BCUT2D eigenvalue weighted by Crippen LogP contribution is 2.15. The molecule has 0 aliphatic rings. The quantitative estimate of drug-likeness (QED) is 0.349. The molecule has 10 nitrogen and oxygen atoms in total. The van der Waals surface area contributed by atoms with E-state index in [0.29, 0.717) is 22.7 Å². The number of sulfonamides is 1. The third-order valence-corrected chi connectivity index (χ3v) is 5.43. The third-order valence-electron chi connectivity index (χ3n) is 4.50. The SMILES string of the molecule is CC(=NCc1ccc(S(N)(=O)=O)cc1)c1c(C)[nH]n(-c2ccc([N+](=O)[O-])cc2)c1=O. The van der Waals surface area contributed by atoms with E-state index in [0.717, 1.165) is 5.56 Å². The fourth-order valence-corrected chi connectivity index (χ4v) is 3.47. The molecule has 0 unspecified atom stereocenters. The number of non-ortho nitro benzene ring substituents is 1. The van der Waals surface area contributed by atoms with Crippen molar-refractivity contribution in [3.8, 4) is 5.69 Å². The van der Waals surface area contributed by atoms with E-state index in [1.54, 1.807) is 26.0 Å². The molecule has 3 rings (SSSR count). The average Bonchev–Trinajstić information content (AvgIpc) is 3.00. The number of aromatic nitrogens is 2. The molecule has 0 radical (unpaired) electrons. The Morgan fingerprint density at radius 1 is 1.17 bits per heavy atom. The van der Waals surface area contributed by atoms with Gasteiger partial charge in [-0.25, -0.2) is 18.2 Å². The van der Waals surface area contributed by atoms with Crippen LogP contribution in [-0.4, -0.2) is 28.8 Å². The monoisotopic (exact) mass is 429 g/mol. The molecular formula is C19H19N5O5S. The van der Waals surface area contributed by atoms with E-state index in [2.05, 4.69) is 10.1 Å². The Labute approximate surface area is 171 Å². The minimum absolute atomic E-state index is 0.0133. The van der Waals surface area contributed by atoms with E-state index >= 15 is 0 Å². The predicted octanol–water partition coefficient (Wildman–Crippen LogP) is 2.04. The average molecular weight is 429 g/mol. The van der Waals surface area contributed by atoms with Crippen molar-refractivity contribution in [2.75, 3.05) is 0 Å². The molecule has 0 amide bonds. The molecule has 0 aliphatic carbocycles. The van der Waals surface area contributed by atoms with Gasteiger partial charge >= 0.3 is 0 Å². The number of rotatable bonds is 6. The van der Waals surface area contributed by atoms with Crippen LogP contribution >= 0.6 is 0 Å². The van der Waals surface area contributed by atoms with Gasteiger partial charge in [0.05, 0.1) is 27.6 Å². The molecule has 3 aromatic rings. The van der Waals surface area contributed by atoms with Gasteiger partial charge in [-0.2, -0.15) is 0 Å². The van der Waals surface area contributed by atoms with Crippen LogP contribution in [0.25, 0.3) is 5.69 Å². The number of hydrogen-bond donors (Lipinski definition) is 2. The maximum Gasteiger partial charge on any atom is 0.280 e. The van der Waals surface area contributed by atoms with Crippen LogP contribution < -0.4 is 10.7 Å². The maximum absolute atomic E-state index is 12.9. The Hall–Kier alpha value is -3.57. The number of nitrogens with two attached hydrogens (primary N) is 1. The summed E-state index contributed by atoms with van der Waals surface area (Å²) in [5.74, 6) is 0. The van der Waals surface area contributed by atoms with Crippen molar-refractivity contribution in [3.05, 3.63) is 85.8 Å². The fraction of sp³-hybridized carbons (Fsp3) is 0.158. The van der Waals surface area contributed by atoms with E-state index in [1.165, 1.54) is 41.1 Å². The number of nitro groups is 1. The fourth-order valence-electron chi connectivity index (χ4n) is 2.95. The summed E-state index contributed by atoms with van der Waals surface area (Å²) in [4.78, 5) is 27.6. The zero-order valence-corrected chi connectivity index (χ0v) is 17.0. The minimum Gasteiger partial charge on any atom is -0.295 e. The van der Waals surface area contributed by atoms with Crippen LogP contribution in [-0.2, 0) is 16.6 Å². The molecule has 0 saturated carbocycles. The molecular weight excluding hydrogens is 410 g/mol. The van der Waals surface area contributed by atoms with Crippen molar-refractivity contribution in [1.82, 2.24) is 9.78 Å². The van der Waals surface area contributed by atoms with Gasteiger partial charge in [0.25, 0.3) is 11.2 Å². The molecule has 3 N–H and O–H groups in total. The lowest BCUT2D eigenvalue weighted by Crippen LogP contribution is -2.19. The smallest absolute Gasteiger partial charge is 0.280 e. The van der Waals surface area contributed by atoms with Gasteiger partial charge < -0.3 is 0 Å². The molecule has 1 heterocycles. The van der Waals surface area contributed by atoms with Crippen molar-refractivity contribution in [1.29, 1.82) is 0 Å². The van der Waals surface area contributed by atoms with Crippen molar-refractivity contribution in [2.24, 2.45) is 10.1 Å². The number of nitrogens with zero attached hydrogens (tertiary/aromatic N) is 3. The van der Waals surface area contributed by atoms with Crippen LogP contribution in [0.15, 0.2) is 63.2 Å². The van der Waals surface area contributed by atoms with Gasteiger partial charge in [-0.05, 0) is 43.7 Å². The van der Waals surface area contributed by atoms with Crippen molar-refractivity contribution in [3.63, 3.8) is 0 Å². The summed E-state index contributed by atoms with van der Waals surface area (Å²) in [6.45, 7) is 3.69. The van der Waals surface area contributed by atoms with Gasteiger partial charge in [-0.15, -0.1) is 0 Å². The van der Waals surface area contributed by atoms with Crippen LogP contribution in [0.4, 0.5) is 5.69 Å². The lowest BCUT2D eigenvalue weighted by Gasteiger charge is -2.02. The van der Waals surface area contributed by atoms with E-state index in [4.69, 9.17) is 5.14 Å². The van der Waals surface area contributed by atoms with Crippen molar-refractivity contribution in [2.45, 2.75) is 25.3 Å². The molecule has 2 aromatic carbocycles.